The van der Waals surface area contributed by atoms with E-state index in [2.05, 4.69) is 187 Å². The van der Waals surface area contributed by atoms with Crippen LogP contribution in [0.25, 0.3) is 104 Å². The zero-order valence-electron chi connectivity index (χ0n) is 27.7. The molecule has 0 amide bonds. The van der Waals surface area contributed by atoms with Gasteiger partial charge in [-0.25, -0.2) is 4.98 Å². The average molecular weight is 647 g/mol. The highest BCUT2D eigenvalue weighted by Crippen LogP contribution is 2.44. The molecule has 1 aromatic heterocycles. The Morgan fingerprint density at radius 2 is 0.882 bits per heavy atom. The molecule has 1 heterocycles. The monoisotopic (exact) mass is 646 g/mol. The molecule has 51 heavy (non-hydrogen) atoms. The molecule has 11 aromatic rings. The molecule has 236 valence electrons. The first-order chi connectivity index (χ1) is 25.3. The quantitative estimate of drug-likeness (QED) is 0.175. The third-order valence-electron chi connectivity index (χ3n) is 10.8. The van der Waals surface area contributed by atoms with E-state index in [1.54, 1.807) is 0 Å². The molecule has 0 atom stereocenters. The number of benzene rings is 9. The maximum atomic E-state index is 5.16. The van der Waals surface area contributed by atoms with Crippen molar-refractivity contribution in [2.75, 3.05) is 0 Å². The second-order valence-electron chi connectivity index (χ2n) is 13.5. The molecule has 0 aliphatic heterocycles. The van der Waals surface area contributed by atoms with Gasteiger partial charge in [0, 0.05) is 10.9 Å². The van der Waals surface area contributed by atoms with Gasteiger partial charge in [-0.3, -0.25) is 4.57 Å². The number of nitrogens with zero attached hydrogens (tertiary/aromatic N) is 2. The van der Waals surface area contributed by atoms with Crippen molar-refractivity contribution in [1.82, 2.24) is 9.55 Å². The summed E-state index contributed by atoms with van der Waals surface area (Å²) >= 11 is 0. The number of aromatic nitrogens is 2. The van der Waals surface area contributed by atoms with Crippen LogP contribution in [-0.4, -0.2) is 9.55 Å². The Bertz CT molecular complexity index is 3190. The maximum absolute atomic E-state index is 5.16. The Morgan fingerprint density at radius 3 is 1.65 bits per heavy atom. The molecule has 0 N–H and O–H groups in total. The predicted molar refractivity (Wildman–Crippen MR) is 217 cm³/mol. The van der Waals surface area contributed by atoms with Gasteiger partial charge in [-0.05, 0) is 88.6 Å². The number of fused-ring (bicyclic) bond motifs is 7. The Hall–Kier alpha value is -6.77. The standard InChI is InChI=1S/C49H30N2/c1-2-13-33(14-3-1)49-50-43-25-8-9-26-45(43)51(49)44-30-29-36(34-17-4-6-19-37(34)44)40-23-12-24-42-41-22-11-16-32-28-27-31-15-10-21-38(46(31)47(32)41)35-18-5-7-20-39(35)48(40)42/h1-30H. The number of rotatable bonds is 3. The molecule has 0 aliphatic rings. The molecule has 0 bridgehead atoms. The van der Waals surface area contributed by atoms with Gasteiger partial charge in [-0.15, -0.1) is 0 Å². The second-order valence-corrected chi connectivity index (χ2v) is 13.5. The topological polar surface area (TPSA) is 17.8 Å². The molecule has 0 aliphatic carbocycles. The van der Waals surface area contributed by atoms with Gasteiger partial charge in [0.05, 0.1) is 16.7 Å². The second kappa shape index (κ2) is 10.9. The molecule has 0 radical (unpaired) electrons. The smallest absolute Gasteiger partial charge is 0.145 e. The lowest BCUT2D eigenvalue weighted by molar-refractivity contribution is 1.11. The Balaban J connectivity index is 1.29. The number of imidazole rings is 1. The van der Waals surface area contributed by atoms with Gasteiger partial charge >= 0.3 is 0 Å². The fourth-order valence-corrected chi connectivity index (χ4v) is 8.60. The van der Waals surface area contributed by atoms with E-state index in [1.165, 1.54) is 75.8 Å². The van der Waals surface area contributed by atoms with E-state index in [4.69, 9.17) is 4.98 Å². The first-order valence-electron chi connectivity index (χ1n) is 17.6. The average Bonchev–Trinajstić information content (AvgIpc) is 3.59. The highest BCUT2D eigenvalue weighted by Gasteiger charge is 2.19. The maximum Gasteiger partial charge on any atom is 0.145 e. The lowest BCUT2D eigenvalue weighted by Gasteiger charge is -2.18. The minimum atomic E-state index is 0.939. The van der Waals surface area contributed by atoms with Crippen molar-refractivity contribution in [2.24, 2.45) is 0 Å². The third kappa shape index (κ3) is 4.08. The SMILES string of the molecule is c1ccc(-c2nc3ccccc3n2-c2ccc(-c3cccc4c5cccc6ccc7cccc(c8ccccc8c34)c7c65)c3ccccc23)cc1. The largest absolute Gasteiger partial charge is 0.292 e. The molecule has 0 fully saturated rings. The summed E-state index contributed by atoms with van der Waals surface area (Å²) in [5.41, 5.74) is 6.72. The van der Waals surface area contributed by atoms with Crippen LogP contribution in [0.15, 0.2) is 182 Å². The van der Waals surface area contributed by atoms with Crippen LogP contribution in [0.5, 0.6) is 0 Å². The van der Waals surface area contributed by atoms with Crippen molar-refractivity contribution in [1.29, 1.82) is 0 Å². The van der Waals surface area contributed by atoms with E-state index in [0.29, 0.717) is 0 Å². The Kier molecular flexibility index (Phi) is 5.99. The third-order valence-corrected chi connectivity index (χ3v) is 10.8. The summed E-state index contributed by atoms with van der Waals surface area (Å²) in [6.07, 6.45) is 0. The molecule has 10 aromatic carbocycles. The van der Waals surface area contributed by atoms with Crippen LogP contribution in [0.2, 0.25) is 0 Å². The van der Waals surface area contributed by atoms with Crippen molar-refractivity contribution in [3.05, 3.63) is 182 Å². The van der Waals surface area contributed by atoms with Gasteiger partial charge in [-0.1, -0.05) is 164 Å². The van der Waals surface area contributed by atoms with Crippen molar-refractivity contribution < 1.29 is 0 Å². The highest BCUT2D eigenvalue weighted by molar-refractivity contribution is 6.34. The summed E-state index contributed by atoms with van der Waals surface area (Å²) in [6, 6.07) is 66.3. The van der Waals surface area contributed by atoms with Gasteiger partial charge in [0.2, 0.25) is 0 Å². The Morgan fingerprint density at radius 1 is 0.333 bits per heavy atom. The summed E-state index contributed by atoms with van der Waals surface area (Å²) in [5, 5.41) is 15.2. The van der Waals surface area contributed by atoms with Gasteiger partial charge in [-0.2, -0.15) is 0 Å². The fraction of sp³-hybridized carbons (Fsp3) is 0. The number of hydrogen-bond donors (Lipinski definition) is 0. The zero-order valence-corrected chi connectivity index (χ0v) is 27.7. The zero-order chi connectivity index (χ0) is 33.5. The summed E-state index contributed by atoms with van der Waals surface area (Å²) in [7, 11) is 0. The lowest BCUT2D eigenvalue weighted by Crippen LogP contribution is -1.99. The summed E-state index contributed by atoms with van der Waals surface area (Å²) < 4.78 is 2.33. The highest BCUT2D eigenvalue weighted by atomic mass is 15.1. The van der Waals surface area contributed by atoms with Crippen LogP contribution in [0.1, 0.15) is 0 Å². The van der Waals surface area contributed by atoms with E-state index >= 15 is 0 Å². The van der Waals surface area contributed by atoms with Crippen molar-refractivity contribution in [3.63, 3.8) is 0 Å². The van der Waals surface area contributed by atoms with Gasteiger partial charge < -0.3 is 0 Å². The molecule has 0 unspecified atom stereocenters. The molecule has 0 saturated carbocycles. The molecule has 0 saturated heterocycles. The van der Waals surface area contributed by atoms with Gasteiger partial charge in [0.15, 0.2) is 0 Å². The van der Waals surface area contributed by atoms with Crippen LogP contribution < -0.4 is 0 Å². The first kappa shape index (κ1) is 28.1. The van der Waals surface area contributed by atoms with E-state index < -0.39 is 0 Å². The number of para-hydroxylation sites is 2. The minimum absolute atomic E-state index is 0.939. The Labute approximate surface area is 294 Å². The number of hydrogen-bond acceptors (Lipinski definition) is 1. The summed E-state index contributed by atoms with van der Waals surface area (Å²) in [5.74, 6) is 0.939. The summed E-state index contributed by atoms with van der Waals surface area (Å²) in [4.78, 5) is 5.16. The minimum Gasteiger partial charge on any atom is -0.292 e. The van der Waals surface area contributed by atoms with Crippen LogP contribution in [0.3, 0.4) is 0 Å². The first-order valence-corrected chi connectivity index (χ1v) is 17.6. The lowest BCUT2D eigenvalue weighted by atomic mass is 9.87. The van der Waals surface area contributed by atoms with E-state index in [-0.39, 0.29) is 0 Å². The predicted octanol–water partition coefficient (Wildman–Crippen LogP) is 13.3. The van der Waals surface area contributed by atoms with Crippen LogP contribution in [0, 0.1) is 0 Å². The van der Waals surface area contributed by atoms with E-state index in [1.807, 2.05) is 0 Å². The van der Waals surface area contributed by atoms with E-state index in [9.17, 15) is 0 Å². The molecule has 0 spiro atoms. The van der Waals surface area contributed by atoms with Crippen molar-refractivity contribution in [3.8, 4) is 28.2 Å². The van der Waals surface area contributed by atoms with Crippen LogP contribution in [0.4, 0.5) is 0 Å². The van der Waals surface area contributed by atoms with Gasteiger partial charge in [0.25, 0.3) is 0 Å². The molecular weight excluding hydrogens is 617 g/mol. The van der Waals surface area contributed by atoms with Crippen LogP contribution in [-0.2, 0) is 0 Å². The molecule has 2 heteroatoms. The molecular formula is C49H30N2. The summed E-state index contributed by atoms with van der Waals surface area (Å²) in [6.45, 7) is 0. The molecule has 2 nitrogen and oxygen atoms in total. The van der Waals surface area contributed by atoms with Crippen molar-refractivity contribution >= 4 is 75.7 Å². The van der Waals surface area contributed by atoms with Gasteiger partial charge in [0.1, 0.15) is 5.82 Å². The van der Waals surface area contributed by atoms with E-state index in [0.717, 1.165) is 28.1 Å². The molecule has 11 rings (SSSR count). The van der Waals surface area contributed by atoms with Crippen LogP contribution >= 0.6 is 0 Å². The normalized spacial score (nSPS) is 11.9. The van der Waals surface area contributed by atoms with Crippen molar-refractivity contribution in [2.45, 2.75) is 0 Å². The fourth-order valence-electron chi connectivity index (χ4n) is 8.60.